The minimum atomic E-state index is -0.542. The van der Waals surface area contributed by atoms with Crippen LogP contribution in [0.3, 0.4) is 0 Å². The number of aromatic nitrogens is 1. The van der Waals surface area contributed by atoms with E-state index in [4.69, 9.17) is 0 Å². The number of thiazole rings is 1. The first kappa shape index (κ1) is 12.3. The third kappa shape index (κ3) is 2.73. The summed E-state index contributed by atoms with van der Waals surface area (Å²) in [6, 6.07) is 8.19. The normalized spacial score (nSPS) is 12.6. The lowest BCUT2D eigenvalue weighted by Gasteiger charge is -2.11. The first-order valence-corrected chi connectivity index (χ1v) is 6.77. The van der Waals surface area contributed by atoms with E-state index in [0.29, 0.717) is 0 Å². The van der Waals surface area contributed by atoms with Gasteiger partial charge in [0, 0.05) is 0 Å². The molecule has 1 heterocycles. The highest BCUT2D eigenvalue weighted by molar-refractivity contribution is 7.09. The average molecular weight is 247 g/mol. The van der Waals surface area contributed by atoms with Gasteiger partial charge in [-0.15, -0.1) is 11.3 Å². The summed E-state index contributed by atoms with van der Waals surface area (Å²) in [5, 5.41) is 10.3. The lowest BCUT2D eigenvalue weighted by Crippen LogP contribution is -2.00. The van der Waals surface area contributed by atoms with Crippen molar-refractivity contribution in [3.8, 4) is 0 Å². The molecule has 0 aliphatic heterocycles. The molecule has 0 spiro atoms. The van der Waals surface area contributed by atoms with E-state index in [1.54, 1.807) is 5.51 Å². The number of aliphatic hydroxyl groups is 1. The van der Waals surface area contributed by atoms with Crippen LogP contribution in [-0.4, -0.2) is 10.1 Å². The maximum absolute atomic E-state index is 10.3. The fourth-order valence-corrected chi connectivity index (χ4v) is 2.74. The zero-order valence-electron chi connectivity index (χ0n) is 10.2. The SMILES string of the molecule is CCCc1cccc(C(O)c2scnc2C)c1. The van der Waals surface area contributed by atoms with Crippen molar-refractivity contribution < 1.29 is 5.11 Å². The number of benzene rings is 1. The second-order valence-electron chi connectivity index (χ2n) is 4.20. The topological polar surface area (TPSA) is 33.1 Å². The van der Waals surface area contributed by atoms with Crippen LogP contribution in [0.4, 0.5) is 0 Å². The maximum Gasteiger partial charge on any atom is 0.115 e. The molecular formula is C14H17NOS. The van der Waals surface area contributed by atoms with Gasteiger partial charge in [0.05, 0.1) is 16.1 Å². The molecule has 0 fully saturated rings. The Morgan fingerprint density at radius 3 is 2.88 bits per heavy atom. The molecule has 0 saturated carbocycles. The smallest absolute Gasteiger partial charge is 0.115 e. The molecule has 0 bridgehead atoms. The molecule has 1 atom stereocenters. The Morgan fingerprint density at radius 1 is 1.41 bits per heavy atom. The Balaban J connectivity index is 2.28. The van der Waals surface area contributed by atoms with E-state index in [1.807, 2.05) is 19.1 Å². The van der Waals surface area contributed by atoms with Crippen LogP contribution in [0.5, 0.6) is 0 Å². The molecule has 17 heavy (non-hydrogen) atoms. The Labute approximate surface area is 106 Å². The average Bonchev–Trinajstić information content (AvgIpc) is 2.75. The highest BCUT2D eigenvalue weighted by atomic mass is 32.1. The molecule has 0 aliphatic rings. The summed E-state index contributed by atoms with van der Waals surface area (Å²) in [7, 11) is 0. The van der Waals surface area contributed by atoms with Gasteiger partial charge in [0.1, 0.15) is 6.10 Å². The summed E-state index contributed by atoms with van der Waals surface area (Å²) in [5.41, 5.74) is 4.95. The zero-order valence-corrected chi connectivity index (χ0v) is 11.0. The van der Waals surface area contributed by atoms with Gasteiger partial charge in [-0.1, -0.05) is 37.6 Å². The van der Waals surface area contributed by atoms with Crippen LogP contribution in [-0.2, 0) is 6.42 Å². The van der Waals surface area contributed by atoms with E-state index in [9.17, 15) is 5.11 Å². The van der Waals surface area contributed by atoms with Crippen molar-refractivity contribution in [3.05, 3.63) is 51.5 Å². The zero-order chi connectivity index (χ0) is 12.3. The molecule has 2 aromatic rings. The highest BCUT2D eigenvalue weighted by Crippen LogP contribution is 2.28. The molecule has 0 amide bonds. The molecule has 2 rings (SSSR count). The van der Waals surface area contributed by atoms with Gasteiger partial charge in [-0.3, -0.25) is 0 Å². The van der Waals surface area contributed by atoms with Gasteiger partial charge in [-0.2, -0.15) is 0 Å². The number of nitrogens with zero attached hydrogens (tertiary/aromatic N) is 1. The second kappa shape index (κ2) is 5.43. The number of aliphatic hydroxyl groups excluding tert-OH is 1. The lowest BCUT2D eigenvalue weighted by molar-refractivity contribution is 0.223. The van der Waals surface area contributed by atoms with Gasteiger partial charge in [0.25, 0.3) is 0 Å². The molecule has 90 valence electrons. The summed E-state index contributed by atoms with van der Waals surface area (Å²) < 4.78 is 0. The molecule has 0 saturated heterocycles. The number of hydrogen-bond donors (Lipinski definition) is 1. The van der Waals surface area contributed by atoms with Crippen LogP contribution in [0.1, 0.15) is 41.1 Å². The molecule has 1 aromatic heterocycles. The van der Waals surface area contributed by atoms with Gasteiger partial charge < -0.3 is 5.11 Å². The van der Waals surface area contributed by atoms with Crippen molar-refractivity contribution in [2.24, 2.45) is 0 Å². The largest absolute Gasteiger partial charge is 0.383 e. The van der Waals surface area contributed by atoms with Crippen molar-refractivity contribution in [1.82, 2.24) is 4.98 Å². The van der Waals surface area contributed by atoms with E-state index in [-0.39, 0.29) is 0 Å². The summed E-state index contributed by atoms with van der Waals surface area (Å²) >= 11 is 1.51. The van der Waals surface area contributed by atoms with Crippen LogP contribution < -0.4 is 0 Å². The Morgan fingerprint density at radius 2 is 2.24 bits per heavy atom. The van der Waals surface area contributed by atoms with E-state index < -0.39 is 6.10 Å². The summed E-state index contributed by atoms with van der Waals surface area (Å²) in [4.78, 5) is 5.12. The summed E-state index contributed by atoms with van der Waals surface area (Å²) in [6.45, 7) is 4.10. The maximum atomic E-state index is 10.3. The monoisotopic (exact) mass is 247 g/mol. The molecule has 1 aromatic carbocycles. The number of hydrogen-bond acceptors (Lipinski definition) is 3. The van der Waals surface area contributed by atoms with Crippen LogP contribution in [0.15, 0.2) is 29.8 Å². The lowest BCUT2D eigenvalue weighted by atomic mass is 10.0. The van der Waals surface area contributed by atoms with Crippen LogP contribution in [0, 0.1) is 6.92 Å². The molecule has 1 N–H and O–H groups in total. The minimum absolute atomic E-state index is 0.542. The van der Waals surface area contributed by atoms with Crippen molar-refractivity contribution in [3.63, 3.8) is 0 Å². The van der Waals surface area contributed by atoms with Crippen LogP contribution in [0.25, 0.3) is 0 Å². The van der Waals surface area contributed by atoms with Crippen molar-refractivity contribution in [2.45, 2.75) is 32.8 Å². The molecule has 0 aliphatic carbocycles. The van der Waals surface area contributed by atoms with Gasteiger partial charge in [-0.05, 0) is 24.5 Å². The first-order chi connectivity index (χ1) is 8.22. The van der Waals surface area contributed by atoms with Crippen molar-refractivity contribution >= 4 is 11.3 Å². The Hall–Kier alpha value is -1.19. The Bertz CT molecular complexity index is 492. The highest BCUT2D eigenvalue weighted by Gasteiger charge is 2.15. The summed E-state index contributed by atoms with van der Waals surface area (Å²) in [5.74, 6) is 0. The molecule has 1 unspecified atom stereocenters. The third-order valence-electron chi connectivity index (χ3n) is 2.84. The minimum Gasteiger partial charge on any atom is -0.383 e. The fourth-order valence-electron chi connectivity index (χ4n) is 1.93. The Kier molecular flexibility index (Phi) is 3.92. The number of aryl methyl sites for hydroxylation is 2. The predicted molar refractivity (Wildman–Crippen MR) is 71.3 cm³/mol. The van der Waals surface area contributed by atoms with Crippen molar-refractivity contribution in [1.29, 1.82) is 0 Å². The second-order valence-corrected chi connectivity index (χ2v) is 5.09. The molecule has 0 radical (unpaired) electrons. The third-order valence-corrected chi connectivity index (χ3v) is 3.82. The standard InChI is InChI=1S/C14H17NOS/c1-3-5-11-6-4-7-12(8-11)13(16)14-10(2)15-9-17-14/h4,6-9,13,16H,3,5H2,1-2H3. The van der Waals surface area contributed by atoms with Gasteiger partial charge in [0.15, 0.2) is 0 Å². The van der Waals surface area contributed by atoms with Crippen LogP contribution >= 0.6 is 11.3 Å². The van der Waals surface area contributed by atoms with Crippen LogP contribution in [0.2, 0.25) is 0 Å². The van der Waals surface area contributed by atoms with Crippen molar-refractivity contribution in [2.75, 3.05) is 0 Å². The van der Waals surface area contributed by atoms with Gasteiger partial charge >= 0.3 is 0 Å². The van der Waals surface area contributed by atoms with E-state index in [1.165, 1.54) is 16.9 Å². The predicted octanol–water partition coefficient (Wildman–Crippen LogP) is 3.49. The quantitative estimate of drug-likeness (QED) is 0.897. The van der Waals surface area contributed by atoms with Gasteiger partial charge in [0.2, 0.25) is 0 Å². The van der Waals surface area contributed by atoms with Gasteiger partial charge in [-0.25, -0.2) is 4.98 Å². The molecular weight excluding hydrogens is 230 g/mol. The molecule has 3 heteroatoms. The molecule has 2 nitrogen and oxygen atoms in total. The van der Waals surface area contributed by atoms with E-state index >= 15 is 0 Å². The van der Waals surface area contributed by atoms with E-state index in [2.05, 4.69) is 24.0 Å². The number of rotatable bonds is 4. The van der Waals surface area contributed by atoms with E-state index in [0.717, 1.165) is 29.0 Å². The first-order valence-electron chi connectivity index (χ1n) is 5.89. The summed E-state index contributed by atoms with van der Waals surface area (Å²) in [6.07, 6.45) is 1.64. The fraction of sp³-hybridized carbons (Fsp3) is 0.357.